The summed E-state index contributed by atoms with van der Waals surface area (Å²) >= 11 is 0. The minimum Gasteiger partial charge on any atom is -0.367 e. The normalized spacial score (nSPS) is 10.3. The van der Waals surface area contributed by atoms with Crippen LogP contribution in [0.15, 0.2) is 48.9 Å². The van der Waals surface area contributed by atoms with E-state index in [1.54, 1.807) is 29.3 Å². The summed E-state index contributed by atoms with van der Waals surface area (Å²) in [6.45, 7) is 3.22. The Bertz CT molecular complexity index is 815. The molecule has 9 nitrogen and oxygen atoms in total. The third kappa shape index (κ3) is 5.26. The second-order valence-corrected chi connectivity index (χ2v) is 5.63. The molecule has 9 heteroatoms. The van der Waals surface area contributed by atoms with Gasteiger partial charge in [-0.05, 0) is 36.8 Å². The van der Waals surface area contributed by atoms with Crippen molar-refractivity contribution in [1.29, 1.82) is 0 Å². The van der Waals surface area contributed by atoms with Crippen LogP contribution in [-0.2, 0) is 11.3 Å². The Morgan fingerprint density at radius 3 is 2.58 bits per heavy atom. The molecule has 0 unspecified atom stereocenters. The number of hydrogen-bond donors (Lipinski definition) is 3. The van der Waals surface area contributed by atoms with Gasteiger partial charge < -0.3 is 16.0 Å². The lowest BCUT2D eigenvalue weighted by atomic mass is 10.3. The molecule has 1 amide bonds. The monoisotopic (exact) mass is 352 g/mol. The molecule has 3 heterocycles. The summed E-state index contributed by atoms with van der Waals surface area (Å²) in [4.78, 5) is 16.0. The zero-order valence-electron chi connectivity index (χ0n) is 14.4. The van der Waals surface area contributed by atoms with Gasteiger partial charge in [0, 0.05) is 31.7 Å². The fraction of sp³-hybridized carbons (Fsp3) is 0.235. The number of nitrogens with one attached hydrogen (secondary N) is 3. The standard InChI is InChI=1S/C17H20N8O/c1-13-3-4-14(20-11-13)22-16-6-5-15(23-24-16)18-8-9-19-17(26)12-25-10-2-7-21-25/h2-7,10-11H,8-9,12H2,1H3,(H,18,23)(H,19,26)(H,20,22,24). The van der Waals surface area contributed by atoms with Crippen LogP contribution >= 0.6 is 0 Å². The highest BCUT2D eigenvalue weighted by molar-refractivity contribution is 5.75. The molecule has 3 aromatic heterocycles. The molecule has 3 N–H and O–H groups in total. The second-order valence-electron chi connectivity index (χ2n) is 5.63. The van der Waals surface area contributed by atoms with Crippen LogP contribution in [0.4, 0.5) is 17.5 Å². The third-order valence-electron chi connectivity index (χ3n) is 3.45. The van der Waals surface area contributed by atoms with Gasteiger partial charge in [-0.15, -0.1) is 10.2 Å². The lowest BCUT2D eigenvalue weighted by molar-refractivity contribution is -0.121. The van der Waals surface area contributed by atoms with Gasteiger partial charge in [0.1, 0.15) is 18.2 Å². The number of aromatic nitrogens is 5. The van der Waals surface area contributed by atoms with Crippen LogP contribution in [0, 0.1) is 6.92 Å². The maximum absolute atomic E-state index is 11.7. The predicted molar refractivity (Wildman–Crippen MR) is 98.0 cm³/mol. The van der Waals surface area contributed by atoms with Crippen LogP contribution < -0.4 is 16.0 Å². The molecule has 0 aliphatic carbocycles. The Morgan fingerprint density at radius 1 is 1.08 bits per heavy atom. The van der Waals surface area contributed by atoms with E-state index in [0.29, 0.717) is 30.5 Å². The van der Waals surface area contributed by atoms with E-state index in [9.17, 15) is 4.79 Å². The summed E-state index contributed by atoms with van der Waals surface area (Å²) in [5.74, 6) is 1.87. The minimum absolute atomic E-state index is 0.0910. The molecule has 0 aromatic carbocycles. The number of anilines is 3. The van der Waals surface area contributed by atoms with Crippen molar-refractivity contribution in [3.05, 3.63) is 54.5 Å². The Hall–Kier alpha value is -3.49. The SMILES string of the molecule is Cc1ccc(Nc2ccc(NCCNC(=O)Cn3cccn3)nn2)nc1. The summed E-state index contributed by atoms with van der Waals surface area (Å²) in [6, 6.07) is 9.26. The van der Waals surface area contributed by atoms with Crippen molar-refractivity contribution in [2.75, 3.05) is 23.7 Å². The number of nitrogens with zero attached hydrogens (tertiary/aromatic N) is 5. The van der Waals surface area contributed by atoms with Gasteiger partial charge in [0.05, 0.1) is 0 Å². The molecule has 0 saturated carbocycles. The summed E-state index contributed by atoms with van der Waals surface area (Å²) < 4.78 is 1.57. The lowest BCUT2D eigenvalue weighted by Gasteiger charge is -2.08. The van der Waals surface area contributed by atoms with Crippen molar-refractivity contribution >= 4 is 23.4 Å². The van der Waals surface area contributed by atoms with E-state index in [-0.39, 0.29) is 12.5 Å². The third-order valence-corrected chi connectivity index (χ3v) is 3.45. The van der Waals surface area contributed by atoms with Crippen LogP contribution in [0.3, 0.4) is 0 Å². The molecule has 134 valence electrons. The number of rotatable bonds is 8. The summed E-state index contributed by atoms with van der Waals surface area (Å²) in [5, 5.41) is 21.2. The number of carbonyl (C=O) groups is 1. The van der Waals surface area contributed by atoms with E-state index < -0.39 is 0 Å². The highest BCUT2D eigenvalue weighted by Crippen LogP contribution is 2.12. The zero-order chi connectivity index (χ0) is 18.2. The van der Waals surface area contributed by atoms with E-state index in [4.69, 9.17) is 0 Å². The average Bonchev–Trinajstić information content (AvgIpc) is 3.15. The lowest BCUT2D eigenvalue weighted by Crippen LogP contribution is -2.31. The maximum atomic E-state index is 11.7. The Labute approximate surface area is 150 Å². The first-order valence-electron chi connectivity index (χ1n) is 8.20. The Kier molecular flexibility index (Phi) is 5.71. The number of amides is 1. The smallest absolute Gasteiger partial charge is 0.241 e. The average molecular weight is 352 g/mol. The fourth-order valence-electron chi connectivity index (χ4n) is 2.16. The first-order valence-corrected chi connectivity index (χ1v) is 8.20. The number of carbonyl (C=O) groups excluding carboxylic acids is 1. The second kappa shape index (κ2) is 8.56. The largest absolute Gasteiger partial charge is 0.367 e. The van der Waals surface area contributed by atoms with Crippen LogP contribution in [-0.4, -0.2) is 44.0 Å². The molecule has 0 aliphatic heterocycles. The molecule has 0 aliphatic rings. The van der Waals surface area contributed by atoms with Gasteiger partial charge in [-0.25, -0.2) is 4.98 Å². The molecule has 0 atom stereocenters. The van der Waals surface area contributed by atoms with Crippen LogP contribution in [0.5, 0.6) is 0 Å². The van der Waals surface area contributed by atoms with Crippen molar-refractivity contribution < 1.29 is 4.79 Å². The van der Waals surface area contributed by atoms with Gasteiger partial charge >= 0.3 is 0 Å². The molecule has 26 heavy (non-hydrogen) atoms. The molecular weight excluding hydrogens is 332 g/mol. The Balaban J connectivity index is 1.38. The number of hydrogen-bond acceptors (Lipinski definition) is 7. The molecule has 0 radical (unpaired) electrons. The summed E-state index contributed by atoms with van der Waals surface area (Å²) in [7, 11) is 0. The Morgan fingerprint density at radius 2 is 1.88 bits per heavy atom. The van der Waals surface area contributed by atoms with Crippen molar-refractivity contribution in [3.8, 4) is 0 Å². The minimum atomic E-state index is -0.0910. The van der Waals surface area contributed by atoms with Gasteiger partial charge in [0.15, 0.2) is 5.82 Å². The highest BCUT2D eigenvalue weighted by Gasteiger charge is 2.02. The molecule has 0 spiro atoms. The molecule has 0 fully saturated rings. The first-order chi connectivity index (χ1) is 12.7. The van der Waals surface area contributed by atoms with Gasteiger partial charge in [-0.1, -0.05) is 6.07 Å². The van der Waals surface area contributed by atoms with Crippen LogP contribution in [0.1, 0.15) is 5.56 Å². The van der Waals surface area contributed by atoms with Crippen molar-refractivity contribution in [1.82, 2.24) is 30.3 Å². The maximum Gasteiger partial charge on any atom is 0.241 e. The number of pyridine rings is 1. The summed E-state index contributed by atoms with van der Waals surface area (Å²) in [5.41, 5.74) is 1.10. The molecule has 0 saturated heterocycles. The fourth-order valence-corrected chi connectivity index (χ4v) is 2.16. The molecule has 3 aromatic rings. The van der Waals surface area contributed by atoms with Crippen molar-refractivity contribution in [3.63, 3.8) is 0 Å². The zero-order valence-corrected chi connectivity index (χ0v) is 14.4. The van der Waals surface area contributed by atoms with E-state index in [1.807, 2.05) is 31.2 Å². The molecule has 0 bridgehead atoms. The predicted octanol–water partition coefficient (Wildman–Crippen LogP) is 1.35. The van der Waals surface area contributed by atoms with E-state index in [1.165, 1.54) is 0 Å². The first kappa shape index (κ1) is 17.3. The van der Waals surface area contributed by atoms with Gasteiger partial charge in [0.25, 0.3) is 0 Å². The van der Waals surface area contributed by atoms with E-state index in [2.05, 4.69) is 36.2 Å². The van der Waals surface area contributed by atoms with Crippen molar-refractivity contribution in [2.45, 2.75) is 13.5 Å². The summed E-state index contributed by atoms with van der Waals surface area (Å²) in [6.07, 6.45) is 5.17. The molecular formula is C17H20N8O. The number of aryl methyl sites for hydroxylation is 1. The quantitative estimate of drug-likeness (QED) is 0.525. The van der Waals surface area contributed by atoms with Gasteiger partial charge in [-0.2, -0.15) is 5.10 Å². The molecule has 3 rings (SSSR count). The van der Waals surface area contributed by atoms with E-state index in [0.717, 1.165) is 5.56 Å². The topological polar surface area (TPSA) is 110 Å². The van der Waals surface area contributed by atoms with Crippen molar-refractivity contribution in [2.24, 2.45) is 0 Å². The van der Waals surface area contributed by atoms with Crippen LogP contribution in [0.25, 0.3) is 0 Å². The van der Waals surface area contributed by atoms with Crippen LogP contribution in [0.2, 0.25) is 0 Å². The van der Waals surface area contributed by atoms with Gasteiger partial charge in [-0.3, -0.25) is 9.48 Å². The van der Waals surface area contributed by atoms with Gasteiger partial charge in [0.2, 0.25) is 5.91 Å². The van der Waals surface area contributed by atoms with E-state index >= 15 is 0 Å². The highest BCUT2D eigenvalue weighted by atomic mass is 16.2.